The lowest BCUT2D eigenvalue weighted by Gasteiger charge is -2.16. The van der Waals surface area contributed by atoms with Gasteiger partial charge in [0.25, 0.3) is 0 Å². The first kappa shape index (κ1) is 20.1. The van der Waals surface area contributed by atoms with Gasteiger partial charge in [0.1, 0.15) is 6.61 Å². The monoisotopic (exact) mass is 395 g/mol. The summed E-state index contributed by atoms with van der Waals surface area (Å²) in [6, 6.07) is 20.4. The molecule has 4 heteroatoms. The van der Waals surface area contributed by atoms with Crippen LogP contribution in [0.3, 0.4) is 0 Å². The van der Waals surface area contributed by atoms with E-state index in [0.29, 0.717) is 36.3 Å². The van der Waals surface area contributed by atoms with Crippen LogP contribution in [0.25, 0.3) is 0 Å². The molecule has 0 saturated heterocycles. The van der Waals surface area contributed by atoms with Crippen LogP contribution in [0.5, 0.6) is 11.5 Å². The molecular formula is C24H26ClNO2. The summed E-state index contributed by atoms with van der Waals surface area (Å²) in [7, 11) is 0. The molecule has 0 radical (unpaired) electrons. The minimum atomic E-state index is 0.471. The number of nitrogens with one attached hydrogen (secondary N) is 1. The van der Waals surface area contributed by atoms with E-state index in [1.54, 1.807) is 0 Å². The fourth-order valence-electron chi connectivity index (χ4n) is 2.93. The largest absolute Gasteiger partial charge is 0.490 e. The van der Waals surface area contributed by atoms with Gasteiger partial charge in [0.2, 0.25) is 0 Å². The quantitative estimate of drug-likeness (QED) is 0.469. The second-order valence-corrected chi connectivity index (χ2v) is 7.23. The molecule has 0 spiro atoms. The Hall–Kier alpha value is -2.65. The van der Waals surface area contributed by atoms with Gasteiger partial charge in [-0.2, -0.15) is 0 Å². The number of hydrogen-bond acceptors (Lipinski definition) is 3. The van der Waals surface area contributed by atoms with Crippen molar-refractivity contribution in [2.75, 3.05) is 11.9 Å². The van der Waals surface area contributed by atoms with E-state index in [4.69, 9.17) is 21.1 Å². The molecule has 0 saturated carbocycles. The third-order valence-electron chi connectivity index (χ3n) is 4.42. The number of anilines is 1. The fraction of sp³-hybridized carbons (Fsp3) is 0.250. The number of aryl methyl sites for hydroxylation is 2. The number of hydrogen-bond donors (Lipinski definition) is 1. The third-order valence-corrected chi connectivity index (χ3v) is 4.78. The third kappa shape index (κ3) is 5.43. The van der Waals surface area contributed by atoms with Gasteiger partial charge in [0.15, 0.2) is 11.5 Å². The van der Waals surface area contributed by atoms with E-state index in [1.807, 2.05) is 25.1 Å². The van der Waals surface area contributed by atoms with Gasteiger partial charge in [0.05, 0.1) is 6.61 Å². The van der Waals surface area contributed by atoms with E-state index < -0.39 is 0 Å². The summed E-state index contributed by atoms with van der Waals surface area (Å²) in [5, 5.41) is 4.06. The number of ether oxygens (including phenoxy) is 2. The molecule has 3 aromatic rings. The van der Waals surface area contributed by atoms with Crippen molar-refractivity contribution in [3.05, 3.63) is 87.9 Å². The first-order chi connectivity index (χ1) is 13.5. The molecule has 3 nitrogen and oxygen atoms in total. The molecule has 3 rings (SSSR count). The smallest absolute Gasteiger partial charge is 0.163 e. The molecule has 0 aliphatic heterocycles. The Bertz CT molecular complexity index is 922. The van der Waals surface area contributed by atoms with Crippen molar-refractivity contribution >= 4 is 17.3 Å². The maximum atomic E-state index is 6.52. The topological polar surface area (TPSA) is 30.5 Å². The van der Waals surface area contributed by atoms with Crippen molar-refractivity contribution < 1.29 is 9.47 Å². The zero-order valence-electron chi connectivity index (χ0n) is 16.6. The Labute approximate surface area is 172 Å². The molecule has 0 aromatic heterocycles. The minimum absolute atomic E-state index is 0.471. The SMILES string of the molecule is CCOc1cc(CNc2ccc(C)cc2)c(Cl)cc1OCc1cccc(C)c1. The first-order valence-electron chi connectivity index (χ1n) is 9.49. The van der Waals surface area contributed by atoms with Crippen LogP contribution in [0.1, 0.15) is 29.2 Å². The van der Waals surface area contributed by atoms with E-state index in [2.05, 4.69) is 61.6 Å². The summed E-state index contributed by atoms with van der Waals surface area (Å²) in [5.41, 5.74) is 5.58. The molecule has 0 amide bonds. The molecule has 0 bridgehead atoms. The predicted octanol–water partition coefficient (Wildman–Crippen LogP) is 6.55. The Morgan fingerprint density at radius 2 is 1.61 bits per heavy atom. The molecule has 0 aliphatic carbocycles. The molecule has 3 aromatic carbocycles. The number of halogens is 1. The van der Waals surface area contributed by atoms with Crippen LogP contribution in [-0.2, 0) is 13.2 Å². The summed E-state index contributed by atoms with van der Waals surface area (Å²) in [5.74, 6) is 1.37. The van der Waals surface area contributed by atoms with Gasteiger partial charge in [-0.15, -0.1) is 0 Å². The molecule has 0 atom stereocenters. The minimum Gasteiger partial charge on any atom is -0.490 e. The maximum Gasteiger partial charge on any atom is 0.163 e. The van der Waals surface area contributed by atoms with Gasteiger partial charge in [-0.25, -0.2) is 0 Å². The summed E-state index contributed by atoms with van der Waals surface area (Å²) in [6.07, 6.45) is 0. The van der Waals surface area contributed by atoms with Crippen LogP contribution in [0.4, 0.5) is 5.69 Å². The predicted molar refractivity (Wildman–Crippen MR) is 117 cm³/mol. The zero-order valence-corrected chi connectivity index (χ0v) is 17.3. The lowest BCUT2D eigenvalue weighted by molar-refractivity contribution is 0.269. The van der Waals surface area contributed by atoms with E-state index in [0.717, 1.165) is 16.8 Å². The average molecular weight is 396 g/mol. The van der Waals surface area contributed by atoms with Crippen LogP contribution >= 0.6 is 11.6 Å². The zero-order chi connectivity index (χ0) is 19.9. The van der Waals surface area contributed by atoms with Crippen LogP contribution in [0.2, 0.25) is 5.02 Å². The van der Waals surface area contributed by atoms with Crippen molar-refractivity contribution in [1.82, 2.24) is 0 Å². The van der Waals surface area contributed by atoms with Gasteiger partial charge in [0, 0.05) is 23.3 Å². The van der Waals surface area contributed by atoms with E-state index in [9.17, 15) is 0 Å². The van der Waals surface area contributed by atoms with Crippen molar-refractivity contribution in [3.63, 3.8) is 0 Å². The Balaban J connectivity index is 1.74. The Morgan fingerprint density at radius 3 is 2.32 bits per heavy atom. The highest BCUT2D eigenvalue weighted by molar-refractivity contribution is 6.31. The van der Waals surface area contributed by atoms with E-state index in [1.165, 1.54) is 11.1 Å². The standard InChI is InChI=1S/C24H26ClNO2/c1-4-27-23-13-20(15-26-21-10-8-17(2)9-11-21)22(25)14-24(23)28-16-19-7-5-6-18(3)12-19/h5-14,26H,4,15-16H2,1-3H3. The molecule has 0 unspecified atom stereocenters. The lowest BCUT2D eigenvalue weighted by atomic mass is 10.1. The second-order valence-electron chi connectivity index (χ2n) is 6.82. The molecule has 146 valence electrons. The van der Waals surface area contributed by atoms with Crippen molar-refractivity contribution in [2.45, 2.75) is 33.9 Å². The lowest BCUT2D eigenvalue weighted by Crippen LogP contribution is -2.04. The highest BCUT2D eigenvalue weighted by Gasteiger charge is 2.12. The summed E-state index contributed by atoms with van der Waals surface area (Å²) in [4.78, 5) is 0. The van der Waals surface area contributed by atoms with Crippen molar-refractivity contribution in [2.24, 2.45) is 0 Å². The van der Waals surface area contributed by atoms with Gasteiger partial charge in [-0.3, -0.25) is 0 Å². The van der Waals surface area contributed by atoms with Crippen molar-refractivity contribution in [1.29, 1.82) is 0 Å². The molecule has 0 heterocycles. The molecule has 0 aliphatic rings. The first-order valence-corrected chi connectivity index (χ1v) is 9.87. The number of benzene rings is 3. The maximum absolute atomic E-state index is 6.52. The van der Waals surface area contributed by atoms with Gasteiger partial charge in [-0.1, -0.05) is 59.1 Å². The highest BCUT2D eigenvalue weighted by atomic mass is 35.5. The number of rotatable bonds is 8. The highest BCUT2D eigenvalue weighted by Crippen LogP contribution is 2.34. The molecular weight excluding hydrogens is 370 g/mol. The van der Waals surface area contributed by atoms with Gasteiger partial charge in [-0.05, 0) is 50.1 Å². The molecule has 0 fully saturated rings. The molecule has 1 N–H and O–H groups in total. The second kappa shape index (κ2) is 9.52. The van der Waals surface area contributed by atoms with E-state index >= 15 is 0 Å². The van der Waals surface area contributed by atoms with Crippen LogP contribution < -0.4 is 14.8 Å². The normalized spacial score (nSPS) is 10.6. The van der Waals surface area contributed by atoms with E-state index in [-0.39, 0.29) is 0 Å². The fourth-order valence-corrected chi connectivity index (χ4v) is 3.15. The van der Waals surface area contributed by atoms with Crippen LogP contribution in [-0.4, -0.2) is 6.61 Å². The van der Waals surface area contributed by atoms with Crippen LogP contribution in [0.15, 0.2) is 60.7 Å². The Morgan fingerprint density at radius 1 is 0.857 bits per heavy atom. The summed E-state index contributed by atoms with van der Waals surface area (Å²) < 4.78 is 11.8. The van der Waals surface area contributed by atoms with Crippen molar-refractivity contribution in [3.8, 4) is 11.5 Å². The average Bonchev–Trinajstić information content (AvgIpc) is 2.68. The van der Waals surface area contributed by atoms with Crippen LogP contribution in [0, 0.1) is 13.8 Å². The van der Waals surface area contributed by atoms with Gasteiger partial charge < -0.3 is 14.8 Å². The molecule has 28 heavy (non-hydrogen) atoms. The van der Waals surface area contributed by atoms with Gasteiger partial charge >= 0.3 is 0 Å². The Kier molecular flexibility index (Phi) is 6.83. The summed E-state index contributed by atoms with van der Waals surface area (Å²) >= 11 is 6.52. The summed E-state index contributed by atoms with van der Waals surface area (Å²) in [6.45, 7) is 7.75.